The molecule has 0 aliphatic carbocycles. The molecule has 16 heavy (non-hydrogen) atoms. The molecule has 4 heteroatoms. The molecular formula is C12H19IN2O. The zero-order valence-electron chi connectivity index (χ0n) is 9.76. The zero-order chi connectivity index (χ0) is 12.2. The normalized spacial score (nSPS) is 11.5. The molecule has 1 aromatic carbocycles. The Morgan fingerprint density at radius 1 is 1.38 bits per heavy atom. The molecular weight excluding hydrogens is 315 g/mol. The van der Waals surface area contributed by atoms with Gasteiger partial charge in [-0.25, -0.2) is 0 Å². The summed E-state index contributed by atoms with van der Waals surface area (Å²) in [4.78, 5) is 0. The van der Waals surface area contributed by atoms with Crippen LogP contribution in [0.15, 0.2) is 18.2 Å². The predicted octanol–water partition coefficient (Wildman–Crippen LogP) is 2.84. The monoisotopic (exact) mass is 334 g/mol. The molecule has 1 aromatic rings. The van der Waals surface area contributed by atoms with E-state index in [1.54, 1.807) is 0 Å². The van der Waals surface area contributed by atoms with Gasteiger partial charge in [0.25, 0.3) is 0 Å². The highest BCUT2D eigenvalue weighted by Gasteiger charge is 2.25. The maximum atomic E-state index is 9.48. The van der Waals surface area contributed by atoms with E-state index in [2.05, 4.69) is 41.8 Å². The zero-order valence-corrected chi connectivity index (χ0v) is 11.9. The van der Waals surface area contributed by atoms with Crippen molar-refractivity contribution < 1.29 is 5.11 Å². The maximum Gasteiger partial charge on any atom is 0.0661 e. The summed E-state index contributed by atoms with van der Waals surface area (Å²) in [7, 11) is 0. The second kappa shape index (κ2) is 5.72. The van der Waals surface area contributed by atoms with Gasteiger partial charge in [0.15, 0.2) is 0 Å². The topological polar surface area (TPSA) is 58.3 Å². The van der Waals surface area contributed by atoms with Crippen LogP contribution in [0.1, 0.15) is 26.7 Å². The van der Waals surface area contributed by atoms with E-state index in [4.69, 9.17) is 5.73 Å². The first-order valence-corrected chi connectivity index (χ1v) is 6.59. The van der Waals surface area contributed by atoms with Gasteiger partial charge in [0.2, 0.25) is 0 Å². The van der Waals surface area contributed by atoms with Gasteiger partial charge in [0.05, 0.1) is 23.5 Å². The van der Waals surface area contributed by atoms with E-state index in [0.717, 1.165) is 27.8 Å². The van der Waals surface area contributed by atoms with Gasteiger partial charge >= 0.3 is 0 Å². The third-order valence-corrected chi connectivity index (χ3v) is 3.74. The van der Waals surface area contributed by atoms with E-state index in [1.165, 1.54) is 0 Å². The molecule has 0 fully saturated rings. The number of nitrogen functional groups attached to an aromatic ring is 1. The fraction of sp³-hybridized carbons (Fsp3) is 0.500. The van der Waals surface area contributed by atoms with Crippen LogP contribution in [0.5, 0.6) is 0 Å². The maximum absolute atomic E-state index is 9.48. The predicted molar refractivity (Wildman–Crippen MR) is 77.6 cm³/mol. The van der Waals surface area contributed by atoms with Gasteiger partial charge in [0, 0.05) is 3.57 Å². The minimum atomic E-state index is -0.263. The number of hydrogen-bond donors (Lipinski definition) is 3. The third-order valence-electron chi connectivity index (χ3n) is 3.07. The lowest BCUT2D eigenvalue weighted by atomic mass is 9.93. The number of nitrogens with two attached hydrogens (primary N) is 1. The summed E-state index contributed by atoms with van der Waals surface area (Å²) in [5.74, 6) is 0. The number of hydrogen-bond acceptors (Lipinski definition) is 3. The van der Waals surface area contributed by atoms with Crippen molar-refractivity contribution in [2.45, 2.75) is 32.2 Å². The molecule has 0 aliphatic heterocycles. The van der Waals surface area contributed by atoms with Crippen LogP contribution in [-0.2, 0) is 0 Å². The van der Waals surface area contributed by atoms with Gasteiger partial charge in [-0.05, 0) is 53.6 Å². The Bertz CT molecular complexity index is 343. The molecule has 0 spiro atoms. The Morgan fingerprint density at radius 3 is 2.44 bits per heavy atom. The van der Waals surface area contributed by atoms with E-state index in [-0.39, 0.29) is 12.1 Å². The summed E-state index contributed by atoms with van der Waals surface area (Å²) < 4.78 is 1.11. The Balaban J connectivity index is 2.93. The van der Waals surface area contributed by atoms with Gasteiger partial charge in [-0.1, -0.05) is 13.8 Å². The molecule has 0 bridgehead atoms. The number of nitrogens with one attached hydrogen (secondary N) is 1. The molecule has 0 unspecified atom stereocenters. The summed E-state index contributed by atoms with van der Waals surface area (Å²) in [5.41, 5.74) is 7.31. The van der Waals surface area contributed by atoms with Crippen molar-refractivity contribution in [2.75, 3.05) is 17.7 Å². The Hall–Kier alpha value is -0.490. The molecule has 0 heterocycles. The highest BCUT2D eigenvalue weighted by molar-refractivity contribution is 14.1. The van der Waals surface area contributed by atoms with E-state index >= 15 is 0 Å². The first kappa shape index (κ1) is 13.6. The number of halogens is 1. The number of anilines is 2. The molecule has 4 N–H and O–H groups in total. The summed E-state index contributed by atoms with van der Waals surface area (Å²) in [6, 6.07) is 5.90. The van der Waals surface area contributed by atoms with E-state index in [1.807, 2.05) is 18.2 Å². The smallest absolute Gasteiger partial charge is 0.0661 e. The molecule has 0 aromatic heterocycles. The number of rotatable bonds is 5. The van der Waals surface area contributed by atoms with Crippen LogP contribution in [0.3, 0.4) is 0 Å². The lowest BCUT2D eigenvalue weighted by molar-refractivity contribution is 0.202. The molecule has 0 saturated carbocycles. The van der Waals surface area contributed by atoms with Crippen molar-refractivity contribution in [1.29, 1.82) is 0 Å². The van der Waals surface area contributed by atoms with Crippen molar-refractivity contribution in [3.63, 3.8) is 0 Å². The van der Waals surface area contributed by atoms with Crippen molar-refractivity contribution >= 4 is 34.0 Å². The van der Waals surface area contributed by atoms with Crippen molar-refractivity contribution in [2.24, 2.45) is 0 Å². The Morgan fingerprint density at radius 2 is 2.00 bits per heavy atom. The highest BCUT2D eigenvalue weighted by atomic mass is 127. The summed E-state index contributed by atoms with van der Waals surface area (Å²) in [6.07, 6.45) is 1.73. The van der Waals surface area contributed by atoms with Gasteiger partial charge in [-0.3, -0.25) is 0 Å². The Labute approximate surface area is 111 Å². The minimum absolute atomic E-state index is 0.116. The Kier molecular flexibility index (Phi) is 4.86. The lowest BCUT2D eigenvalue weighted by Crippen LogP contribution is -2.41. The average Bonchev–Trinajstić information content (AvgIpc) is 2.29. The summed E-state index contributed by atoms with van der Waals surface area (Å²) in [5, 5.41) is 12.8. The number of aliphatic hydroxyl groups is 1. The van der Waals surface area contributed by atoms with Gasteiger partial charge in [-0.2, -0.15) is 0 Å². The van der Waals surface area contributed by atoms with Crippen LogP contribution in [0, 0.1) is 3.57 Å². The molecule has 0 amide bonds. The quantitative estimate of drug-likeness (QED) is 0.573. The largest absolute Gasteiger partial charge is 0.397 e. The molecule has 3 nitrogen and oxygen atoms in total. The molecule has 0 aliphatic rings. The minimum Gasteiger partial charge on any atom is -0.397 e. The van der Waals surface area contributed by atoms with Crippen LogP contribution in [0.4, 0.5) is 11.4 Å². The van der Waals surface area contributed by atoms with Gasteiger partial charge in [0.1, 0.15) is 0 Å². The molecule has 0 saturated heterocycles. The van der Waals surface area contributed by atoms with Crippen molar-refractivity contribution in [3.05, 3.63) is 21.8 Å². The van der Waals surface area contributed by atoms with E-state index in [9.17, 15) is 5.11 Å². The van der Waals surface area contributed by atoms with E-state index in [0.29, 0.717) is 0 Å². The average molecular weight is 334 g/mol. The van der Waals surface area contributed by atoms with Crippen LogP contribution in [0.2, 0.25) is 0 Å². The van der Waals surface area contributed by atoms with Crippen molar-refractivity contribution in [3.8, 4) is 0 Å². The molecule has 90 valence electrons. The van der Waals surface area contributed by atoms with Crippen LogP contribution >= 0.6 is 22.6 Å². The van der Waals surface area contributed by atoms with Crippen LogP contribution in [-0.4, -0.2) is 17.3 Å². The second-order valence-corrected chi connectivity index (χ2v) is 5.25. The first-order chi connectivity index (χ1) is 7.56. The van der Waals surface area contributed by atoms with Gasteiger partial charge < -0.3 is 16.2 Å². The SMILES string of the molecule is CCC(CC)(CO)Nc1ccc(I)cc1N. The molecule has 0 atom stereocenters. The van der Waals surface area contributed by atoms with E-state index < -0.39 is 0 Å². The highest BCUT2D eigenvalue weighted by Crippen LogP contribution is 2.27. The summed E-state index contributed by atoms with van der Waals surface area (Å²) in [6.45, 7) is 4.25. The third kappa shape index (κ3) is 3.01. The lowest BCUT2D eigenvalue weighted by Gasteiger charge is -2.32. The number of aliphatic hydroxyl groups excluding tert-OH is 1. The number of benzene rings is 1. The fourth-order valence-electron chi connectivity index (χ4n) is 1.62. The standard InChI is InChI=1S/C12H19IN2O/c1-3-12(4-2,8-16)15-11-6-5-9(13)7-10(11)14/h5-7,15-16H,3-4,8,14H2,1-2H3. The van der Waals surface area contributed by atoms with Crippen LogP contribution in [0.25, 0.3) is 0 Å². The second-order valence-electron chi connectivity index (χ2n) is 4.00. The molecule has 1 rings (SSSR count). The van der Waals surface area contributed by atoms with Crippen molar-refractivity contribution in [1.82, 2.24) is 0 Å². The summed E-state index contributed by atoms with van der Waals surface area (Å²) >= 11 is 2.23. The fourth-order valence-corrected chi connectivity index (χ4v) is 2.14. The first-order valence-electron chi connectivity index (χ1n) is 5.51. The van der Waals surface area contributed by atoms with Gasteiger partial charge in [-0.15, -0.1) is 0 Å². The van der Waals surface area contributed by atoms with Crippen LogP contribution < -0.4 is 11.1 Å². The molecule has 0 radical (unpaired) electrons.